The SMILES string of the molecule is Cn1cc(/C=C2/C(=O)N3C(C(=O)[O-])=CS[C@H]23)nn1.[Na+]. The van der Waals surface area contributed by atoms with E-state index in [0.717, 1.165) is 0 Å². The van der Waals surface area contributed by atoms with Crippen molar-refractivity contribution in [1.82, 2.24) is 19.9 Å². The summed E-state index contributed by atoms with van der Waals surface area (Å²) in [6.45, 7) is 0. The zero-order valence-corrected chi connectivity index (χ0v) is 13.0. The topological polar surface area (TPSA) is 91.2 Å². The number of aromatic nitrogens is 3. The van der Waals surface area contributed by atoms with Gasteiger partial charge in [-0.2, -0.15) is 0 Å². The van der Waals surface area contributed by atoms with E-state index in [9.17, 15) is 14.7 Å². The number of hydrogen-bond donors (Lipinski definition) is 0. The van der Waals surface area contributed by atoms with Crippen molar-refractivity contribution in [1.29, 1.82) is 0 Å². The first-order valence-corrected chi connectivity index (χ1v) is 6.00. The van der Waals surface area contributed by atoms with Gasteiger partial charge in [-0.05, 0) is 11.5 Å². The Morgan fingerprint density at radius 1 is 1.58 bits per heavy atom. The summed E-state index contributed by atoms with van der Waals surface area (Å²) in [5, 5.41) is 19.5. The van der Waals surface area contributed by atoms with E-state index in [4.69, 9.17) is 0 Å². The molecule has 1 aromatic heterocycles. The molecule has 92 valence electrons. The second kappa shape index (κ2) is 5.12. The summed E-state index contributed by atoms with van der Waals surface area (Å²) >= 11 is 1.27. The van der Waals surface area contributed by atoms with Gasteiger partial charge in [0.25, 0.3) is 5.91 Å². The molecule has 1 amide bonds. The van der Waals surface area contributed by atoms with Gasteiger partial charge in [0.2, 0.25) is 0 Å². The van der Waals surface area contributed by atoms with Crippen molar-refractivity contribution < 1.29 is 44.3 Å². The van der Waals surface area contributed by atoms with E-state index in [0.29, 0.717) is 11.3 Å². The van der Waals surface area contributed by atoms with Crippen molar-refractivity contribution >= 4 is 29.7 Å². The molecule has 0 radical (unpaired) electrons. The molecule has 0 spiro atoms. The maximum absolute atomic E-state index is 11.8. The van der Waals surface area contributed by atoms with Gasteiger partial charge < -0.3 is 9.90 Å². The Labute approximate surface area is 134 Å². The van der Waals surface area contributed by atoms with Gasteiger partial charge >= 0.3 is 29.6 Å². The van der Waals surface area contributed by atoms with Crippen molar-refractivity contribution in [3.63, 3.8) is 0 Å². The van der Waals surface area contributed by atoms with Gasteiger partial charge in [-0.15, -0.1) is 16.9 Å². The molecule has 3 heterocycles. The number of carbonyl (C=O) groups is 2. The van der Waals surface area contributed by atoms with Crippen LogP contribution in [0.1, 0.15) is 5.69 Å². The average molecular weight is 286 g/mol. The van der Waals surface area contributed by atoms with E-state index in [1.807, 2.05) is 0 Å². The maximum atomic E-state index is 11.8. The summed E-state index contributed by atoms with van der Waals surface area (Å²) in [4.78, 5) is 23.8. The first-order chi connectivity index (χ1) is 8.58. The molecule has 0 bridgehead atoms. The van der Waals surface area contributed by atoms with Gasteiger partial charge in [-0.25, -0.2) is 0 Å². The smallest absolute Gasteiger partial charge is 0.543 e. The predicted octanol–water partition coefficient (Wildman–Crippen LogP) is -4.29. The number of thioether (sulfide) groups is 1. The quantitative estimate of drug-likeness (QED) is 0.310. The Morgan fingerprint density at radius 2 is 2.32 bits per heavy atom. The third-order valence-corrected chi connectivity index (χ3v) is 3.75. The number of nitrogens with zero attached hydrogens (tertiary/aromatic N) is 4. The minimum Gasteiger partial charge on any atom is -0.543 e. The van der Waals surface area contributed by atoms with Crippen molar-refractivity contribution in [2.75, 3.05) is 0 Å². The van der Waals surface area contributed by atoms with Crippen LogP contribution in [0.5, 0.6) is 0 Å². The first-order valence-electron chi connectivity index (χ1n) is 5.06. The van der Waals surface area contributed by atoms with Crippen molar-refractivity contribution in [2.45, 2.75) is 5.37 Å². The number of aryl methyl sites for hydroxylation is 1. The fourth-order valence-corrected chi connectivity index (χ4v) is 2.96. The monoisotopic (exact) mass is 286 g/mol. The summed E-state index contributed by atoms with van der Waals surface area (Å²) in [5.41, 5.74) is 1.02. The van der Waals surface area contributed by atoms with Crippen LogP contribution in [0.3, 0.4) is 0 Å². The molecule has 0 aliphatic carbocycles. The van der Waals surface area contributed by atoms with E-state index >= 15 is 0 Å². The van der Waals surface area contributed by atoms with Crippen molar-refractivity contribution in [2.24, 2.45) is 7.05 Å². The van der Waals surface area contributed by atoms with Gasteiger partial charge in [0.15, 0.2) is 0 Å². The number of carbonyl (C=O) groups excluding carboxylic acids is 2. The molecule has 2 aliphatic rings. The van der Waals surface area contributed by atoms with Gasteiger partial charge in [-0.1, -0.05) is 5.21 Å². The van der Waals surface area contributed by atoms with E-state index in [1.165, 1.54) is 26.8 Å². The van der Waals surface area contributed by atoms with Crippen LogP contribution in [0, 0.1) is 0 Å². The molecule has 0 aromatic carbocycles. The van der Waals surface area contributed by atoms with Gasteiger partial charge in [0.05, 0.1) is 23.4 Å². The molecule has 7 nitrogen and oxygen atoms in total. The van der Waals surface area contributed by atoms with Crippen LogP contribution in [0.15, 0.2) is 22.9 Å². The zero-order valence-electron chi connectivity index (χ0n) is 10.2. The van der Waals surface area contributed by atoms with Gasteiger partial charge in [-0.3, -0.25) is 14.4 Å². The van der Waals surface area contributed by atoms with Crippen molar-refractivity contribution in [3.8, 4) is 0 Å². The van der Waals surface area contributed by atoms with Gasteiger partial charge in [0, 0.05) is 7.05 Å². The molecule has 1 fully saturated rings. The molecule has 0 saturated carbocycles. The summed E-state index contributed by atoms with van der Waals surface area (Å²) < 4.78 is 1.53. The number of rotatable bonds is 2. The van der Waals surface area contributed by atoms with E-state index in [2.05, 4.69) is 10.3 Å². The van der Waals surface area contributed by atoms with Crippen LogP contribution in [-0.2, 0) is 16.6 Å². The molecule has 0 unspecified atom stereocenters. The number of β-lactam (4-membered cyclic amide) rings is 1. The second-order valence-corrected chi connectivity index (χ2v) is 4.83. The molecule has 3 rings (SSSR count). The summed E-state index contributed by atoms with van der Waals surface area (Å²) in [7, 11) is 1.73. The zero-order chi connectivity index (χ0) is 12.9. The van der Waals surface area contributed by atoms with Crippen molar-refractivity contribution in [3.05, 3.63) is 28.6 Å². The predicted molar refractivity (Wildman–Crippen MR) is 60.3 cm³/mol. The summed E-state index contributed by atoms with van der Waals surface area (Å²) in [5.74, 6) is -1.66. The molecule has 9 heteroatoms. The molecular weight excluding hydrogens is 279 g/mol. The minimum absolute atomic E-state index is 0. The molecular formula is C10H7N4NaO3S. The Balaban J connectivity index is 0.00000133. The normalized spacial score (nSPS) is 22.7. The Morgan fingerprint density at radius 3 is 2.89 bits per heavy atom. The average Bonchev–Trinajstić information content (AvgIpc) is 2.89. The minimum atomic E-state index is -1.34. The number of amides is 1. The van der Waals surface area contributed by atoms with Crippen LogP contribution in [0.4, 0.5) is 0 Å². The Bertz CT molecular complexity index is 624. The number of aliphatic carboxylic acids is 1. The standard InChI is InChI=1S/C10H8N4O3S.Na/c1-13-3-5(11-12-13)2-6-8(15)14-7(10(16)17)4-18-9(6)14;/h2-4,9H,1H3,(H,16,17);/q;+1/p-1/b6-2-;/t9-;/m1./s1. The van der Waals surface area contributed by atoms with Crippen LogP contribution >= 0.6 is 11.8 Å². The molecule has 2 aliphatic heterocycles. The fourth-order valence-electron chi connectivity index (χ4n) is 1.85. The third kappa shape index (κ3) is 2.25. The van der Waals surface area contributed by atoms with Gasteiger partial charge in [0.1, 0.15) is 11.1 Å². The van der Waals surface area contributed by atoms with Crippen LogP contribution in [0.2, 0.25) is 0 Å². The van der Waals surface area contributed by atoms with E-state index < -0.39 is 5.97 Å². The number of carboxylic acid groups (broad SMARTS) is 1. The molecule has 1 atom stereocenters. The molecule has 0 N–H and O–H groups in total. The summed E-state index contributed by atoms with van der Waals surface area (Å²) in [6.07, 6.45) is 3.30. The maximum Gasteiger partial charge on any atom is 1.00 e. The van der Waals surface area contributed by atoms with E-state index in [-0.39, 0.29) is 46.5 Å². The Kier molecular flexibility index (Phi) is 3.86. The largest absolute Gasteiger partial charge is 1.00 e. The van der Waals surface area contributed by atoms with Crippen LogP contribution in [0.25, 0.3) is 6.08 Å². The summed E-state index contributed by atoms with van der Waals surface area (Å²) in [6, 6.07) is 0. The first kappa shape index (κ1) is 14.3. The number of carboxylic acids is 1. The van der Waals surface area contributed by atoms with Crippen LogP contribution in [-0.4, -0.2) is 37.1 Å². The Hall–Kier alpha value is -1.09. The molecule has 1 aromatic rings. The molecule has 19 heavy (non-hydrogen) atoms. The number of fused-ring (bicyclic) bond motifs is 1. The fraction of sp³-hybridized carbons (Fsp3) is 0.200. The third-order valence-electron chi connectivity index (χ3n) is 2.67. The molecule has 1 saturated heterocycles. The second-order valence-electron chi connectivity index (χ2n) is 3.87. The van der Waals surface area contributed by atoms with E-state index in [1.54, 1.807) is 19.3 Å². The number of hydrogen-bond acceptors (Lipinski definition) is 6. The van der Waals surface area contributed by atoms with Crippen LogP contribution < -0.4 is 34.7 Å².